The van der Waals surface area contributed by atoms with E-state index >= 15 is 0 Å². The number of aryl methyl sites for hydroxylation is 1. The van der Waals surface area contributed by atoms with Crippen molar-refractivity contribution in [1.82, 2.24) is 4.90 Å². The van der Waals surface area contributed by atoms with Gasteiger partial charge in [-0.15, -0.1) is 0 Å². The molecule has 2 aromatic carbocycles. The van der Waals surface area contributed by atoms with Crippen LogP contribution in [0.5, 0.6) is 0 Å². The number of aliphatic hydroxyl groups is 1. The van der Waals surface area contributed by atoms with Crippen molar-refractivity contribution >= 4 is 21.6 Å². The van der Waals surface area contributed by atoms with Gasteiger partial charge in [0.1, 0.15) is 0 Å². The number of likely N-dealkylation sites (N-methyl/N-ethyl adjacent to an activating group) is 1. The summed E-state index contributed by atoms with van der Waals surface area (Å²) in [6, 6.07) is 13.0. The number of carbonyl (C=O) groups excluding carboxylic acids is 1. The van der Waals surface area contributed by atoms with E-state index in [-0.39, 0.29) is 16.8 Å². The fourth-order valence-electron chi connectivity index (χ4n) is 3.74. The second-order valence-corrected chi connectivity index (χ2v) is 9.64. The van der Waals surface area contributed by atoms with Crippen LogP contribution in [-0.2, 0) is 10.0 Å². The number of rotatable bonds is 5. The van der Waals surface area contributed by atoms with Crippen LogP contribution in [0.15, 0.2) is 53.4 Å². The van der Waals surface area contributed by atoms with E-state index in [1.165, 1.54) is 11.4 Å². The number of amides is 1. The number of aliphatic hydroxyl groups excluding tert-OH is 1. The van der Waals surface area contributed by atoms with Crippen LogP contribution < -0.4 is 4.31 Å². The summed E-state index contributed by atoms with van der Waals surface area (Å²) in [5.74, 6) is -0.223. The molecule has 0 heterocycles. The summed E-state index contributed by atoms with van der Waals surface area (Å²) in [6.07, 6.45) is 2.89. The Bertz CT molecular complexity index is 973. The van der Waals surface area contributed by atoms with E-state index in [0.29, 0.717) is 17.7 Å². The molecule has 7 heteroatoms. The summed E-state index contributed by atoms with van der Waals surface area (Å²) < 4.78 is 27.1. The highest BCUT2D eigenvalue weighted by atomic mass is 32.2. The zero-order valence-corrected chi connectivity index (χ0v) is 17.9. The van der Waals surface area contributed by atoms with Crippen LogP contribution in [0, 0.1) is 6.92 Å². The van der Waals surface area contributed by atoms with Crippen LogP contribution in [0.1, 0.15) is 41.6 Å². The molecule has 2 aromatic rings. The molecular weight excluding hydrogens is 388 g/mol. The van der Waals surface area contributed by atoms with Crippen molar-refractivity contribution < 1.29 is 18.3 Å². The Labute approximate surface area is 172 Å². The van der Waals surface area contributed by atoms with Crippen molar-refractivity contribution in [3.8, 4) is 0 Å². The lowest BCUT2D eigenvalue weighted by Crippen LogP contribution is -2.46. The van der Waals surface area contributed by atoms with E-state index in [9.17, 15) is 18.3 Å². The molecule has 0 aliphatic heterocycles. The van der Waals surface area contributed by atoms with Gasteiger partial charge in [-0.25, -0.2) is 8.42 Å². The average molecular weight is 417 g/mol. The first-order chi connectivity index (χ1) is 13.7. The molecule has 1 amide bonds. The predicted octanol–water partition coefficient (Wildman–Crippen LogP) is 3.20. The summed E-state index contributed by atoms with van der Waals surface area (Å²) >= 11 is 0. The molecule has 29 heavy (non-hydrogen) atoms. The molecule has 0 radical (unpaired) electrons. The predicted molar refractivity (Wildman–Crippen MR) is 114 cm³/mol. The third-order valence-electron chi connectivity index (χ3n) is 5.65. The van der Waals surface area contributed by atoms with Gasteiger partial charge in [0.15, 0.2) is 0 Å². The smallest absolute Gasteiger partial charge is 0.264 e. The van der Waals surface area contributed by atoms with Gasteiger partial charge in [-0.1, -0.05) is 36.6 Å². The van der Waals surface area contributed by atoms with Crippen LogP contribution >= 0.6 is 0 Å². The molecule has 2 atom stereocenters. The van der Waals surface area contributed by atoms with Crippen molar-refractivity contribution in [3.63, 3.8) is 0 Å². The maximum atomic E-state index is 13.0. The number of anilines is 1. The standard InChI is InChI=1S/C22H28N2O4S/c1-16-11-13-19(14-12-16)29(27,28)24(3)18-8-6-7-17(15-18)22(26)23(2)20-9-4-5-10-21(20)25/h6-8,11-15,20-21,25H,4-5,9-10H2,1-3H3/t20-,21-/m0/s1. The number of hydrogen-bond donors (Lipinski definition) is 1. The maximum Gasteiger partial charge on any atom is 0.264 e. The third-order valence-corrected chi connectivity index (χ3v) is 7.45. The number of carbonyl (C=O) groups is 1. The molecule has 1 fully saturated rings. The summed E-state index contributed by atoms with van der Waals surface area (Å²) in [5, 5.41) is 10.2. The Morgan fingerprint density at radius 2 is 1.69 bits per heavy atom. The number of hydrogen-bond acceptors (Lipinski definition) is 4. The van der Waals surface area contributed by atoms with Crippen molar-refractivity contribution in [1.29, 1.82) is 0 Å². The minimum Gasteiger partial charge on any atom is -0.391 e. The van der Waals surface area contributed by atoms with E-state index in [1.807, 2.05) is 6.92 Å². The van der Waals surface area contributed by atoms with Crippen molar-refractivity contribution in [2.24, 2.45) is 0 Å². The summed E-state index contributed by atoms with van der Waals surface area (Å²) in [5.41, 5.74) is 1.79. The normalized spacial score (nSPS) is 19.6. The lowest BCUT2D eigenvalue weighted by Gasteiger charge is -2.35. The second-order valence-electron chi connectivity index (χ2n) is 7.67. The highest BCUT2D eigenvalue weighted by Crippen LogP contribution is 2.26. The molecule has 0 saturated heterocycles. The molecule has 0 aromatic heterocycles. The molecule has 0 bridgehead atoms. The van der Waals surface area contributed by atoms with Crippen molar-refractivity contribution in [3.05, 3.63) is 59.7 Å². The lowest BCUT2D eigenvalue weighted by atomic mass is 9.91. The number of nitrogens with zero attached hydrogens (tertiary/aromatic N) is 2. The van der Waals surface area contributed by atoms with Gasteiger partial charge in [0.25, 0.3) is 15.9 Å². The van der Waals surface area contributed by atoms with Gasteiger partial charge in [0.05, 0.1) is 22.7 Å². The quantitative estimate of drug-likeness (QED) is 0.812. The highest BCUT2D eigenvalue weighted by Gasteiger charge is 2.30. The van der Waals surface area contributed by atoms with Gasteiger partial charge in [-0.3, -0.25) is 9.10 Å². The van der Waals surface area contributed by atoms with Crippen LogP contribution in [0.2, 0.25) is 0 Å². The molecule has 0 unspecified atom stereocenters. The van der Waals surface area contributed by atoms with Crippen LogP contribution in [0.4, 0.5) is 5.69 Å². The Kier molecular flexibility index (Phi) is 6.29. The molecule has 1 aliphatic rings. The highest BCUT2D eigenvalue weighted by molar-refractivity contribution is 7.92. The van der Waals surface area contributed by atoms with Crippen LogP contribution in [-0.4, -0.2) is 50.6 Å². The molecule has 6 nitrogen and oxygen atoms in total. The topological polar surface area (TPSA) is 77.9 Å². The molecule has 156 valence electrons. The summed E-state index contributed by atoms with van der Waals surface area (Å²) in [6.45, 7) is 1.90. The second kappa shape index (κ2) is 8.55. The van der Waals surface area contributed by atoms with Gasteiger partial charge in [0, 0.05) is 19.7 Å². The fraction of sp³-hybridized carbons (Fsp3) is 0.409. The largest absolute Gasteiger partial charge is 0.391 e. The van der Waals surface area contributed by atoms with Gasteiger partial charge in [-0.05, 0) is 50.1 Å². The lowest BCUT2D eigenvalue weighted by molar-refractivity contribution is 0.0268. The first kappa shape index (κ1) is 21.3. The van der Waals surface area contributed by atoms with Crippen LogP contribution in [0.25, 0.3) is 0 Å². The van der Waals surface area contributed by atoms with E-state index < -0.39 is 16.1 Å². The van der Waals surface area contributed by atoms with Gasteiger partial charge in [0.2, 0.25) is 0 Å². The minimum atomic E-state index is -3.73. The Morgan fingerprint density at radius 1 is 1.03 bits per heavy atom. The molecule has 1 aliphatic carbocycles. The van der Waals surface area contributed by atoms with Crippen molar-refractivity contribution in [2.45, 2.75) is 49.6 Å². The van der Waals surface area contributed by atoms with Crippen LogP contribution in [0.3, 0.4) is 0 Å². The minimum absolute atomic E-state index is 0.199. The zero-order chi connectivity index (χ0) is 21.2. The fourth-order valence-corrected chi connectivity index (χ4v) is 4.93. The Hall–Kier alpha value is -2.38. The monoisotopic (exact) mass is 416 g/mol. The first-order valence-corrected chi connectivity index (χ1v) is 11.3. The van der Waals surface area contributed by atoms with E-state index in [2.05, 4.69) is 0 Å². The van der Waals surface area contributed by atoms with E-state index in [1.54, 1.807) is 60.5 Å². The SMILES string of the molecule is Cc1ccc(S(=O)(=O)N(C)c2cccc(C(=O)N(C)[C@H]3CCCC[C@@H]3O)c2)cc1. The average Bonchev–Trinajstić information content (AvgIpc) is 2.73. The molecule has 1 N–H and O–H groups in total. The molecular formula is C22H28N2O4S. The molecule has 1 saturated carbocycles. The number of sulfonamides is 1. The Balaban J connectivity index is 1.84. The van der Waals surface area contributed by atoms with Gasteiger partial charge in [-0.2, -0.15) is 0 Å². The maximum absolute atomic E-state index is 13.0. The summed E-state index contributed by atoms with van der Waals surface area (Å²) in [7, 11) is -0.557. The third kappa shape index (κ3) is 4.46. The molecule has 0 spiro atoms. The zero-order valence-electron chi connectivity index (χ0n) is 17.1. The number of benzene rings is 2. The summed E-state index contributed by atoms with van der Waals surface area (Å²) in [4.78, 5) is 14.7. The van der Waals surface area contributed by atoms with E-state index in [0.717, 1.165) is 24.8 Å². The Morgan fingerprint density at radius 3 is 2.34 bits per heavy atom. The van der Waals surface area contributed by atoms with Crippen molar-refractivity contribution in [2.75, 3.05) is 18.4 Å². The van der Waals surface area contributed by atoms with Gasteiger partial charge >= 0.3 is 0 Å². The first-order valence-electron chi connectivity index (χ1n) is 9.82. The van der Waals surface area contributed by atoms with E-state index in [4.69, 9.17) is 0 Å². The van der Waals surface area contributed by atoms with Gasteiger partial charge < -0.3 is 10.0 Å². The molecule has 3 rings (SSSR count).